The van der Waals surface area contributed by atoms with Gasteiger partial charge >= 0.3 is 0 Å². The molecule has 9 heteroatoms. The number of hydrogen-bond donors (Lipinski definition) is 1. The highest BCUT2D eigenvalue weighted by Crippen LogP contribution is 2.20. The van der Waals surface area contributed by atoms with E-state index in [1.54, 1.807) is 62.4 Å². The van der Waals surface area contributed by atoms with Gasteiger partial charge < -0.3 is 5.32 Å². The number of halogens is 2. The molecule has 5 nitrogen and oxygen atoms in total. The van der Waals surface area contributed by atoms with Crippen molar-refractivity contribution in [3.63, 3.8) is 0 Å². The fourth-order valence-corrected chi connectivity index (χ4v) is 6.76. The molecule has 1 N–H and O–H groups in total. The minimum absolute atomic E-state index is 0.300. The summed E-state index contributed by atoms with van der Waals surface area (Å²) in [7, 11) is -6.74. The standard InChI is InChI=1S/C22H29Cl2NO4S2/c1-17(11-13-23)30(26,27)21-7-3-19(4-8-21)15-25-16-20-5-9-22(10-6-20)31(28,29)18(2)12-14-24/h3-10,17-18,25H,11-16H2,1-2H3. The molecule has 0 aliphatic rings. The van der Waals surface area contributed by atoms with E-state index in [9.17, 15) is 16.8 Å². The van der Waals surface area contributed by atoms with Gasteiger partial charge in [0.1, 0.15) is 0 Å². The molecule has 0 saturated carbocycles. The molecule has 0 amide bonds. The number of sulfone groups is 2. The van der Waals surface area contributed by atoms with Crippen molar-refractivity contribution in [2.75, 3.05) is 11.8 Å². The molecule has 0 heterocycles. The molecule has 0 saturated heterocycles. The number of benzene rings is 2. The van der Waals surface area contributed by atoms with Crippen molar-refractivity contribution in [2.45, 2.75) is 60.1 Å². The quantitative estimate of drug-likeness (QED) is 0.427. The van der Waals surface area contributed by atoms with Gasteiger partial charge in [0.2, 0.25) is 0 Å². The predicted molar refractivity (Wildman–Crippen MR) is 127 cm³/mol. The van der Waals surface area contributed by atoms with Crippen molar-refractivity contribution < 1.29 is 16.8 Å². The maximum atomic E-state index is 12.5. The Balaban J connectivity index is 1.94. The molecule has 0 fully saturated rings. The van der Waals surface area contributed by atoms with Crippen LogP contribution in [0.5, 0.6) is 0 Å². The Labute approximate surface area is 196 Å². The Bertz CT molecular complexity index is 952. The maximum Gasteiger partial charge on any atom is 0.180 e. The van der Waals surface area contributed by atoms with Crippen LogP contribution in [0.2, 0.25) is 0 Å². The summed E-state index contributed by atoms with van der Waals surface area (Å²) in [6.07, 6.45) is 0.831. The van der Waals surface area contributed by atoms with E-state index >= 15 is 0 Å². The van der Waals surface area contributed by atoms with Crippen molar-refractivity contribution in [1.29, 1.82) is 0 Å². The Morgan fingerprint density at radius 3 is 1.29 bits per heavy atom. The summed E-state index contributed by atoms with van der Waals surface area (Å²) in [5.74, 6) is 0.615. The van der Waals surface area contributed by atoms with Crippen LogP contribution in [0, 0.1) is 0 Å². The molecule has 2 rings (SSSR count). The lowest BCUT2D eigenvalue weighted by Crippen LogP contribution is -2.19. The van der Waals surface area contributed by atoms with Gasteiger partial charge in [-0.05, 0) is 62.1 Å². The molecule has 0 spiro atoms. The van der Waals surface area contributed by atoms with Gasteiger partial charge in [-0.15, -0.1) is 23.2 Å². The van der Waals surface area contributed by atoms with Crippen LogP contribution in [0.3, 0.4) is 0 Å². The first-order chi connectivity index (χ1) is 14.6. The van der Waals surface area contributed by atoms with Crippen LogP contribution in [0.15, 0.2) is 58.3 Å². The first-order valence-corrected chi connectivity index (χ1v) is 14.3. The zero-order chi connectivity index (χ0) is 23.1. The molecule has 2 atom stereocenters. The van der Waals surface area contributed by atoms with E-state index < -0.39 is 30.2 Å². The van der Waals surface area contributed by atoms with Crippen molar-refractivity contribution in [3.05, 3.63) is 59.7 Å². The summed E-state index contributed by atoms with van der Waals surface area (Å²) in [5.41, 5.74) is 1.91. The average Bonchev–Trinajstić information content (AvgIpc) is 2.75. The predicted octanol–water partition coefficient (Wildman–Crippen LogP) is 4.56. The first kappa shape index (κ1) is 26.1. The third-order valence-corrected chi connectivity index (χ3v) is 10.1. The summed E-state index contributed by atoms with van der Waals surface area (Å²) in [5, 5.41) is 2.26. The molecule has 0 bridgehead atoms. The van der Waals surface area contributed by atoms with E-state index in [0.717, 1.165) is 11.1 Å². The van der Waals surface area contributed by atoms with Crippen molar-refractivity contribution >= 4 is 42.9 Å². The minimum atomic E-state index is -3.37. The molecule has 2 aromatic carbocycles. The monoisotopic (exact) mass is 505 g/mol. The maximum absolute atomic E-state index is 12.5. The molecule has 2 aromatic rings. The molecule has 0 aliphatic carbocycles. The minimum Gasteiger partial charge on any atom is -0.309 e. The van der Waals surface area contributed by atoms with Crippen LogP contribution in [-0.2, 0) is 32.8 Å². The van der Waals surface area contributed by atoms with E-state index in [1.807, 2.05) is 0 Å². The van der Waals surface area contributed by atoms with Crippen LogP contribution >= 0.6 is 23.2 Å². The van der Waals surface area contributed by atoms with E-state index in [0.29, 0.717) is 47.5 Å². The first-order valence-electron chi connectivity index (χ1n) is 10.1. The van der Waals surface area contributed by atoms with Crippen LogP contribution in [-0.4, -0.2) is 39.1 Å². The topological polar surface area (TPSA) is 80.3 Å². The molecule has 0 radical (unpaired) electrons. The lowest BCUT2D eigenvalue weighted by atomic mass is 10.2. The highest BCUT2D eigenvalue weighted by atomic mass is 35.5. The fourth-order valence-electron chi connectivity index (χ4n) is 3.03. The Morgan fingerprint density at radius 2 is 1.00 bits per heavy atom. The number of rotatable bonds is 12. The lowest BCUT2D eigenvalue weighted by Gasteiger charge is -2.13. The van der Waals surface area contributed by atoms with Gasteiger partial charge in [0.25, 0.3) is 0 Å². The van der Waals surface area contributed by atoms with Crippen LogP contribution in [0.25, 0.3) is 0 Å². The van der Waals surface area contributed by atoms with E-state index in [2.05, 4.69) is 5.32 Å². The molecule has 0 aliphatic heterocycles. The normalized spacial score (nSPS) is 14.3. The summed E-state index contributed by atoms with van der Waals surface area (Å²) >= 11 is 11.3. The van der Waals surface area contributed by atoms with Gasteiger partial charge in [0.15, 0.2) is 19.7 Å². The number of alkyl halides is 2. The molecule has 0 aromatic heterocycles. The molecular formula is C22H29Cl2NO4S2. The van der Waals surface area contributed by atoms with Crippen LogP contribution in [0.4, 0.5) is 0 Å². The largest absolute Gasteiger partial charge is 0.309 e. The molecular weight excluding hydrogens is 477 g/mol. The number of nitrogens with one attached hydrogen (secondary N) is 1. The molecule has 2 unspecified atom stereocenters. The third-order valence-electron chi connectivity index (χ3n) is 5.25. The van der Waals surface area contributed by atoms with E-state index in [4.69, 9.17) is 23.2 Å². The van der Waals surface area contributed by atoms with E-state index in [-0.39, 0.29) is 0 Å². The van der Waals surface area contributed by atoms with Crippen molar-refractivity contribution in [2.24, 2.45) is 0 Å². The molecule has 31 heavy (non-hydrogen) atoms. The number of hydrogen-bond acceptors (Lipinski definition) is 5. The second-order valence-electron chi connectivity index (χ2n) is 7.56. The summed E-state index contributed by atoms with van der Waals surface area (Å²) in [4.78, 5) is 0.600. The fraction of sp³-hybridized carbons (Fsp3) is 0.455. The molecule has 172 valence electrons. The Morgan fingerprint density at radius 1 is 0.677 bits per heavy atom. The average molecular weight is 507 g/mol. The summed E-state index contributed by atoms with van der Waals surface area (Å²) in [6, 6.07) is 13.7. The van der Waals surface area contributed by atoms with Gasteiger partial charge in [-0.1, -0.05) is 24.3 Å². The summed E-state index contributed by atoms with van der Waals surface area (Å²) in [6.45, 7) is 4.46. The third kappa shape index (κ3) is 6.93. The zero-order valence-corrected chi connectivity index (χ0v) is 20.9. The van der Waals surface area contributed by atoms with Gasteiger partial charge in [-0.2, -0.15) is 0 Å². The van der Waals surface area contributed by atoms with Gasteiger partial charge in [-0.3, -0.25) is 0 Å². The highest BCUT2D eigenvalue weighted by Gasteiger charge is 2.23. The van der Waals surface area contributed by atoms with Crippen molar-refractivity contribution in [1.82, 2.24) is 5.32 Å². The highest BCUT2D eigenvalue weighted by molar-refractivity contribution is 7.92. The smallest absolute Gasteiger partial charge is 0.180 e. The summed E-state index contributed by atoms with van der Waals surface area (Å²) < 4.78 is 49.9. The van der Waals surface area contributed by atoms with Gasteiger partial charge in [0.05, 0.1) is 20.3 Å². The Kier molecular flexibility index (Phi) is 9.83. The lowest BCUT2D eigenvalue weighted by molar-refractivity contribution is 0.580. The second-order valence-corrected chi connectivity index (χ2v) is 13.0. The van der Waals surface area contributed by atoms with Crippen LogP contribution in [0.1, 0.15) is 37.8 Å². The SMILES string of the molecule is CC(CCCl)S(=O)(=O)c1ccc(CNCc2ccc(S(=O)(=O)C(C)CCCl)cc2)cc1. The van der Waals surface area contributed by atoms with Crippen molar-refractivity contribution in [3.8, 4) is 0 Å². The zero-order valence-electron chi connectivity index (χ0n) is 17.7. The van der Waals surface area contributed by atoms with E-state index in [1.165, 1.54) is 0 Å². The second kappa shape index (κ2) is 11.7. The Hall–Kier alpha value is -1.12. The van der Waals surface area contributed by atoms with Crippen LogP contribution < -0.4 is 5.32 Å². The van der Waals surface area contributed by atoms with Gasteiger partial charge in [0, 0.05) is 24.8 Å². The van der Waals surface area contributed by atoms with Gasteiger partial charge in [-0.25, -0.2) is 16.8 Å².